The van der Waals surface area contributed by atoms with Gasteiger partial charge in [0.25, 0.3) is 5.91 Å². The maximum atomic E-state index is 12.9. The Morgan fingerprint density at radius 1 is 1.29 bits per heavy atom. The van der Waals surface area contributed by atoms with Gasteiger partial charge in [-0.15, -0.1) is 0 Å². The molecular formula is C20H26BrNO2. The molecule has 2 N–H and O–H groups in total. The van der Waals surface area contributed by atoms with Crippen molar-refractivity contribution >= 4 is 21.8 Å². The van der Waals surface area contributed by atoms with Gasteiger partial charge < -0.3 is 10.4 Å². The van der Waals surface area contributed by atoms with Crippen molar-refractivity contribution in [1.82, 2.24) is 5.32 Å². The first-order chi connectivity index (χ1) is 11.5. The van der Waals surface area contributed by atoms with E-state index in [1.807, 2.05) is 12.1 Å². The van der Waals surface area contributed by atoms with Crippen LogP contribution in [-0.4, -0.2) is 22.7 Å². The van der Waals surface area contributed by atoms with Gasteiger partial charge in [0.2, 0.25) is 0 Å². The molecule has 4 heteroatoms. The molecule has 0 heterocycles. The van der Waals surface area contributed by atoms with Crippen LogP contribution in [0.1, 0.15) is 61.4 Å². The summed E-state index contributed by atoms with van der Waals surface area (Å²) in [5, 5.41) is 14.0. The van der Waals surface area contributed by atoms with Gasteiger partial charge in [-0.05, 0) is 80.0 Å². The summed E-state index contributed by atoms with van der Waals surface area (Å²) in [6.07, 6.45) is 7.01. The first-order valence-corrected chi connectivity index (χ1v) is 10.1. The third-order valence-corrected chi connectivity index (χ3v) is 6.86. The van der Waals surface area contributed by atoms with Gasteiger partial charge in [-0.2, -0.15) is 0 Å². The SMILES string of the molecule is CCCc1cc(Br)ccc1C(=O)N[C@H]1C2CC3CC1C[C@](O)(C3)C2. The highest BCUT2D eigenvalue weighted by atomic mass is 79.9. The summed E-state index contributed by atoms with van der Waals surface area (Å²) < 4.78 is 1.03. The van der Waals surface area contributed by atoms with Crippen molar-refractivity contribution in [2.24, 2.45) is 17.8 Å². The number of aryl methyl sites for hydroxylation is 1. The van der Waals surface area contributed by atoms with E-state index in [0.717, 1.165) is 47.7 Å². The van der Waals surface area contributed by atoms with Crippen LogP contribution in [0.15, 0.2) is 22.7 Å². The minimum atomic E-state index is -0.442. The van der Waals surface area contributed by atoms with Gasteiger partial charge in [0.05, 0.1) is 5.60 Å². The number of carbonyl (C=O) groups excluding carboxylic acids is 1. The van der Waals surface area contributed by atoms with Gasteiger partial charge in [-0.25, -0.2) is 0 Å². The zero-order valence-electron chi connectivity index (χ0n) is 14.2. The van der Waals surface area contributed by atoms with E-state index in [1.54, 1.807) is 0 Å². The molecule has 4 saturated carbocycles. The molecule has 4 bridgehead atoms. The van der Waals surface area contributed by atoms with Gasteiger partial charge in [0, 0.05) is 16.1 Å². The number of hydrogen-bond donors (Lipinski definition) is 2. The highest BCUT2D eigenvalue weighted by Gasteiger charge is 2.55. The van der Waals surface area contributed by atoms with E-state index in [1.165, 1.54) is 12.8 Å². The fourth-order valence-electron chi connectivity index (χ4n) is 5.71. The predicted molar refractivity (Wildman–Crippen MR) is 97.9 cm³/mol. The Kier molecular flexibility index (Phi) is 4.24. The number of rotatable bonds is 4. The molecule has 2 atom stereocenters. The molecule has 0 aliphatic heterocycles. The molecule has 2 unspecified atom stereocenters. The van der Waals surface area contributed by atoms with Crippen LogP contribution in [-0.2, 0) is 6.42 Å². The maximum absolute atomic E-state index is 12.9. The lowest BCUT2D eigenvalue weighted by Gasteiger charge is -2.58. The van der Waals surface area contributed by atoms with Crippen molar-refractivity contribution in [2.75, 3.05) is 0 Å². The summed E-state index contributed by atoms with van der Waals surface area (Å²) in [4.78, 5) is 12.9. The molecular weight excluding hydrogens is 366 g/mol. The van der Waals surface area contributed by atoms with Crippen molar-refractivity contribution in [3.63, 3.8) is 0 Å². The number of amides is 1. The Labute approximate surface area is 152 Å². The summed E-state index contributed by atoms with van der Waals surface area (Å²) in [6, 6.07) is 6.20. The maximum Gasteiger partial charge on any atom is 0.251 e. The van der Waals surface area contributed by atoms with E-state index in [9.17, 15) is 9.90 Å². The Morgan fingerprint density at radius 3 is 2.62 bits per heavy atom. The lowest BCUT2D eigenvalue weighted by molar-refractivity contribution is -0.136. The number of benzene rings is 1. The van der Waals surface area contributed by atoms with Crippen molar-refractivity contribution in [1.29, 1.82) is 0 Å². The van der Waals surface area contributed by atoms with Crippen LogP contribution in [0, 0.1) is 17.8 Å². The van der Waals surface area contributed by atoms with Gasteiger partial charge >= 0.3 is 0 Å². The van der Waals surface area contributed by atoms with Crippen LogP contribution in [0.5, 0.6) is 0 Å². The molecule has 0 radical (unpaired) electrons. The van der Waals surface area contributed by atoms with Crippen molar-refractivity contribution in [3.05, 3.63) is 33.8 Å². The second-order valence-corrected chi connectivity index (χ2v) is 9.16. The van der Waals surface area contributed by atoms with Crippen LogP contribution >= 0.6 is 15.9 Å². The Hall–Kier alpha value is -0.870. The number of halogens is 1. The van der Waals surface area contributed by atoms with Crippen LogP contribution in [0.25, 0.3) is 0 Å². The quantitative estimate of drug-likeness (QED) is 0.812. The lowest BCUT2D eigenvalue weighted by Crippen LogP contribution is -2.61. The molecule has 1 aromatic carbocycles. The van der Waals surface area contributed by atoms with Crippen LogP contribution in [0.2, 0.25) is 0 Å². The normalized spacial score (nSPS) is 36.8. The van der Waals surface area contributed by atoms with E-state index in [-0.39, 0.29) is 11.9 Å². The Bertz CT molecular complexity index is 643. The number of aliphatic hydroxyl groups is 1. The molecule has 1 amide bonds. The largest absolute Gasteiger partial charge is 0.390 e. The average molecular weight is 392 g/mol. The molecule has 0 aromatic heterocycles. The summed E-state index contributed by atoms with van der Waals surface area (Å²) in [7, 11) is 0. The fraction of sp³-hybridized carbons (Fsp3) is 0.650. The van der Waals surface area contributed by atoms with E-state index >= 15 is 0 Å². The third-order valence-electron chi connectivity index (χ3n) is 6.37. The Balaban J connectivity index is 1.53. The zero-order chi connectivity index (χ0) is 16.9. The molecule has 5 rings (SSSR count). The van der Waals surface area contributed by atoms with Gasteiger partial charge in [0.15, 0.2) is 0 Å². The second-order valence-electron chi connectivity index (χ2n) is 8.25. The minimum absolute atomic E-state index is 0.0652. The monoisotopic (exact) mass is 391 g/mol. The first kappa shape index (κ1) is 16.6. The molecule has 4 fully saturated rings. The Morgan fingerprint density at radius 2 is 2.00 bits per heavy atom. The lowest BCUT2D eigenvalue weighted by atomic mass is 9.52. The smallest absolute Gasteiger partial charge is 0.251 e. The second kappa shape index (κ2) is 6.14. The highest BCUT2D eigenvalue weighted by molar-refractivity contribution is 9.10. The molecule has 130 valence electrons. The average Bonchev–Trinajstić information content (AvgIpc) is 2.49. The number of hydrogen-bond acceptors (Lipinski definition) is 2. The van der Waals surface area contributed by atoms with Gasteiger partial charge in [-0.1, -0.05) is 29.3 Å². The highest BCUT2D eigenvalue weighted by Crippen LogP contribution is 2.55. The van der Waals surface area contributed by atoms with E-state index in [0.29, 0.717) is 17.8 Å². The summed E-state index contributed by atoms with van der Waals surface area (Å²) in [5.41, 5.74) is 1.49. The van der Waals surface area contributed by atoms with Crippen molar-refractivity contribution in [2.45, 2.75) is 63.5 Å². The number of nitrogens with one attached hydrogen (secondary N) is 1. The van der Waals surface area contributed by atoms with Gasteiger partial charge in [0.1, 0.15) is 0 Å². The summed E-state index contributed by atoms with van der Waals surface area (Å²) in [5.74, 6) is 1.64. The molecule has 4 aliphatic rings. The molecule has 0 saturated heterocycles. The van der Waals surface area contributed by atoms with Crippen molar-refractivity contribution < 1.29 is 9.90 Å². The summed E-state index contributed by atoms with van der Waals surface area (Å²) >= 11 is 3.51. The minimum Gasteiger partial charge on any atom is -0.390 e. The van der Waals surface area contributed by atoms with Crippen molar-refractivity contribution in [3.8, 4) is 0 Å². The molecule has 4 aliphatic carbocycles. The third kappa shape index (κ3) is 2.92. The molecule has 0 spiro atoms. The van der Waals surface area contributed by atoms with E-state index in [2.05, 4.69) is 34.2 Å². The van der Waals surface area contributed by atoms with Crippen LogP contribution < -0.4 is 5.32 Å². The van der Waals surface area contributed by atoms with E-state index < -0.39 is 5.60 Å². The van der Waals surface area contributed by atoms with Crippen LogP contribution in [0.3, 0.4) is 0 Å². The summed E-state index contributed by atoms with van der Waals surface area (Å²) in [6.45, 7) is 2.14. The van der Waals surface area contributed by atoms with Gasteiger partial charge in [-0.3, -0.25) is 4.79 Å². The topological polar surface area (TPSA) is 49.3 Å². The first-order valence-electron chi connectivity index (χ1n) is 9.29. The molecule has 1 aromatic rings. The number of carbonyl (C=O) groups is 1. The standard InChI is InChI=1S/C20H26BrNO2/c1-2-3-13-8-16(21)4-5-17(13)19(23)22-18-14-6-12-7-15(18)11-20(24,9-12)10-14/h4-5,8,12,14-15,18,24H,2-3,6-7,9-11H2,1H3,(H,22,23)/t12?,14?,15?,18-,20-. The predicted octanol–water partition coefficient (Wildman–Crippen LogP) is 4.07. The zero-order valence-corrected chi connectivity index (χ0v) is 15.8. The molecule has 24 heavy (non-hydrogen) atoms. The fourth-order valence-corrected chi connectivity index (χ4v) is 6.11. The van der Waals surface area contributed by atoms with Crippen LogP contribution in [0.4, 0.5) is 0 Å². The molecule has 3 nitrogen and oxygen atoms in total. The van der Waals surface area contributed by atoms with E-state index in [4.69, 9.17) is 0 Å².